The van der Waals surface area contributed by atoms with Gasteiger partial charge in [0, 0.05) is 12.8 Å². The first-order valence-corrected chi connectivity index (χ1v) is 7.18. The van der Waals surface area contributed by atoms with Gasteiger partial charge in [0.15, 0.2) is 0 Å². The molecule has 104 valence electrons. The van der Waals surface area contributed by atoms with Crippen LogP contribution in [0.4, 0.5) is 0 Å². The quantitative estimate of drug-likeness (QED) is 0.690. The van der Waals surface area contributed by atoms with Crippen molar-refractivity contribution in [2.24, 2.45) is 11.8 Å². The summed E-state index contributed by atoms with van der Waals surface area (Å²) in [5.41, 5.74) is 3.23. The molecule has 0 saturated heterocycles. The normalized spacial score (nSPS) is 14.8. The molecule has 1 heterocycles. The SMILES string of the molecule is CC(C)Cn1c[n+](CC(C)C)c2c1CCCC2.[Br-]. The molecule has 0 bridgehead atoms. The Morgan fingerprint density at radius 3 is 2.39 bits per heavy atom. The van der Waals surface area contributed by atoms with E-state index >= 15 is 0 Å². The second-order valence-electron chi connectivity index (χ2n) is 6.31. The van der Waals surface area contributed by atoms with E-state index in [0.29, 0.717) is 0 Å². The van der Waals surface area contributed by atoms with Crippen molar-refractivity contribution in [2.75, 3.05) is 0 Å². The lowest BCUT2D eigenvalue weighted by molar-refractivity contribution is -0.709. The van der Waals surface area contributed by atoms with Crippen molar-refractivity contribution in [1.29, 1.82) is 0 Å². The van der Waals surface area contributed by atoms with E-state index in [1.54, 1.807) is 11.4 Å². The van der Waals surface area contributed by atoms with Gasteiger partial charge in [0.1, 0.15) is 11.4 Å². The Balaban J connectivity index is 0.00000162. The van der Waals surface area contributed by atoms with Gasteiger partial charge in [0.2, 0.25) is 6.33 Å². The van der Waals surface area contributed by atoms with Crippen molar-refractivity contribution in [3.05, 3.63) is 17.7 Å². The molecule has 0 saturated carbocycles. The maximum Gasteiger partial charge on any atom is 0.244 e. The van der Waals surface area contributed by atoms with E-state index in [9.17, 15) is 0 Å². The van der Waals surface area contributed by atoms with Crippen molar-refractivity contribution < 1.29 is 21.5 Å². The predicted molar refractivity (Wildman–Crippen MR) is 70.9 cm³/mol. The summed E-state index contributed by atoms with van der Waals surface area (Å²) in [6.45, 7) is 11.6. The lowest BCUT2D eigenvalue weighted by Gasteiger charge is -2.11. The van der Waals surface area contributed by atoms with Gasteiger partial charge in [-0.25, -0.2) is 9.13 Å². The third kappa shape index (κ3) is 3.59. The van der Waals surface area contributed by atoms with Gasteiger partial charge in [-0.2, -0.15) is 0 Å². The van der Waals surface area contributed by atoms with Crippen LogP contribution in [0.2, 0.25) is 0 Å². The standard InChI is InChI=1S/C15H27N2.BrH/c1-12(2)9-16-11-17(10-13(3)4)15-8-6-5-7-14(15)16;/h11-13H,5-10H2,1-4H3;1H/q+1;/p-1. The molecule has 1 aromatic rings. The van der Waals surface area contributed by atoms with Gasteiger partial charge >= 0.3 is 0 Å². The topological polar surface area (TPSA) is 8.81 Å². The van der Waals surface area contributed by atoms with Crippen LogP contribution in [0.25, 0.3) is 0 Å². The van der Waals surface area contributed by atoms with E-state index in [1.807, 2.05) is 0 Å². The molecule has 0 atom stereocenters. The fourth-order valence-corrected chi connectivity index (χ4v) is 2.90. The summed E-state index contributed by atoms with van der Waals surface area (Å²) in [6.07, 6.45) is 7.68. The second-order valence-corrected chi connectivity index (χ2v) is 6.31. The average Bonchev–Trinajstić information content (AvgIpc) is 2.56. The molecule has 0 N–H and O–H groups in total. The zero-order valence-corrected chi connectivity index (χ0v) is 13.8. The first-order valence-electron chi connectivity index (χ1n) is 7.18. The minimum absolute atomic E-state index is 0. The number of halogens is 1. The number of hydrogen-bond donors (Lipinski definition) is 0. The van der Waals surface area contributed by atoms with E-state index in [0.717, 1.165) is 11.8 Å². The number of hydrogen-bond acceptors (Lipinski definition) is 0. The van der Waals surface area contributed by atoms with Gasteiger partial charge in [-0.3, -0.25) is 0 Å². The highest BCUT2D eigenvalue weighted by Gasteiger charge is 2.26. The Hall–Kier alpha value is -0.310. The zero-order chi connectivity index (χ0) is 12.4. The van der Waals surface area contributed by atoms with Crippen LogP contribution in [-0.2, 0) is 25.9 Å². The Kier molecular flexibility index (Phi) is 5.90. The summed E-state index contributed by atoms with van der Waals surface area (Å²) in [4.78, 5) is 0. The van der Waals surface area contributed by atoms with Crippen LogP contribution in [0.15, 0.2) is 6.33 Å². The van der Waals surface area contributed by atoms with Crippen LogP contribution >= 0.6 is 0 Å². The van der Waals surface area contributed by atoms with Crippen molar-refractivity contribution in [3.8, 4) is 0 Å². The molecule has 0 spiro atoms. The van der Waals surface area contributed by atoms with Gasteiger partial charge in [-0.05, 0) is 24.7 Å². The highest BCUT2D eigenvalue weighted by Crippen LogP contribution is 2.20. The number of fused-ring (bicyclic) bond motifs is 1. The van der Waals surface area contributed by atoms with Crippen LogP contribution in [-0.4, -0.2) is 4.57 Å². The van der Waals surface area contributed by atoms with Crippen molar-refractivity contribution in [2.45, 2.75) is 66.5 Å². The van der Waals surface area contributed by atoms with Crippen LogP contribution in [0, 0.1) is 11.8 Å². The largest absolute Gasteiger partial charge is 1.00 e. The summed E-state index contributed by atoms with van der Waals surface area (Å²) in [5, 5.41) is 0. The Morgan fingerprint density at radius 2 is 1.78 bits per heavy atom. The Labute approximate surface area is 122 Å². The highest BCUT2D eigenvalue weighted by molar-refractivity contribution is 5.11. The molecule has 1 aliphatic carbocycles. The van der Waals surface area contributed by atoms with Crippen LogP contribution in [0.1, 0.15) is 51.9 Å². The van der Waals surface area contributed by atoms with Crippen LogP contribution < -0.4 is 21.5 Å². The van der Waals surface area contributed by atoms with Gasteiger partial charge in [-0.15, -0.1) is 0 Å². The van der Waals surface area contributed by atoms with E-state index in [-0.39, 0.29) is 17.0 Å². The van der Waals surface area contributed by atoms with Gasteiger partial charge in [-0.1, -0.05) is 27.7 Å². The lowest BCUT2D eigenvalue weighted by Crippen LogP contribution is -3.00. The molecule has 0 amide bonds. The average molecular weight is 315 g/mol. The summed E-state index contributed by atoms with van der Waals surface area (Å²) in [6, 6.07) is 0. The molecule has 0 unspecified atom stereocenters. The molecule has 0 aromatic carbocycles. The molecule has 0 radical (unpaired) electrons. The first-order chi connectivity index (χ1) is 8.08. The molecule has 2 rings (SSSR count). The minimum Gasteiger partial charge on any atom is -1.00 e. The first kappa shape index (κ1) is 15.7. The van der Waals surface area contributed by atoms with Crippen LogP contribution in [0.5, 0.6) is 0 Å². The van der Waals surface area contributed by atoms with Gasteiger partial charge < -0.3 is 17.0 Å². The fraction of sp³-hybridized carbons (Fsp3) is 0.800. The van der Waals surface area contributed by atoms with Crippen molar-refractivity contribution >= 4 is 0 Å². The Morgan fingerprint density at radius 1 is 1.11 bits per heavy atom. The number of nitrogens with zero attached hydrogens (tertiary/aromatic N) is 2. The molecular weight excluding hydrogens is 288 g/mol. The number of aromatic nitrogens is 2. The van der Waals surface area contributed by atoms with E-state index < -0.39 is 0 Å². The van der Waals surface area contributed by atoms with Crippen molar-refractivity contribution in [1.82, 2.24) is 4.57 Å². The maximum atomic E-state index is 2.52. The van der Waals surface area contributed by atoms with E-state index in [1.165, 1.54) is 38.8 Å². The Bertz CT molecular complexity index is 346. The predicted octanol–water partition coefficient (Wildman–Crippen LogP) is -0.0296. The molecule has 3 heteroatoms. The maximum absolute atomic E-state index is 2.52. The van der Waals surface area contributed by atoms with Crippen molar-refractivity contribution in [3.63, 3.8) is 0 Å². The lowest BCUT2D eigenvalue weighted by atomic mass is 10.00. The van der Waals surface area contributed by atoms with Crippen LogP contribution in [0.3, 0.4) is 0 Å². The van der Waals surface area contributed by atoms with E-state index in [2.05, 4.69) is 43.2 Å². The fourth-order valence-electron chi connectivity index (χ4n) is 2.90. The molecule has 18 heavy (non-hydrogen) atoms. The third-order valence-corrected chi connectivity index (χ3v) is 3.51. The summed E-state index contributed by atoms with van der Waals surface area (Å²) < 4.78 is 5.03. The number of imidazole rings is 1. The molecule has 1 aromatic heterocycles. The summed E-state index contributed by atoms with van der Waals surface area (Å²) in [5.74, 6) is 1.47. The zero-order valence-electron chi connectivity index (χ0n) is 12.2. The number of rotatable bonds is 4. The molecule has 2 nitrogen and oxygen atoms in total. The smallest absolute Gasteiger partial charge is 0.244 e. The molecular formula is C15H27BrN2. The van der Waals surface area contributed by atoms with E-state index in [4.69, 9.17) is 0 Å². The summed E-state index contributed by atoms with van der Waals surface area (Å²) >= 11 is 0. The molecule has 0 fully saturated rings. The monoisotopic (exact) mass is 314 g/mol. The summed E-state index contributed by atoms with van der Waals surface area (Å²) in [7, 11) is 0. The second kappa shape index (κ2) is 6.74. The highest BCUT2D eigenvalue weighted by atomic mass is 79.9. The molecule has 1 aliphatic rings. The van der Waals surface area contributed by atoms with Gasteiger partial charge in [0.05, 0.1) is 13.1 Å². The van der Waals surface area contributed by atoms with Gasteiger partial charge in [0.25, 0.3) is 0 Å². The third-order valence-electron chi connectivity index (χ3n) is 3.51. The minimum atomic E-state index is 0. The molecule has 0 aliphatic heterocycles.